The second-order valence-electron chi connectivity index (χ2n) is 14.5. The van der Waals surface area contributed by atoms with Crippen LogP contribution in [0.15, 0.2) is 79.1 Å². The Hall–Kier alpha value is -5.62. The molecule has 272 valence electrons. The lowest BCUT2D eigenvalue weighted by Crippen LogP contribution is -2.54. The molecule has 2 unspecified atom stereocenters. The van der Waals surface area contributed by atoms with Gasteiger partial charge in [0.05, 0.1) is 23.5 Å². The summed E-state index contributed by atoms with van der Waals surface area (Å²) in [5, 5.41) is 15.4. The van der Waals surface area contributed by atoms with E-state index in [1.165, 1.54) is 17.5 Å². The molecule has 4 aromatic rings. The Labute approximate surface area is 306 Å². The summed E-state index contributed by atoms with van der Waals surface area (Å²) in [4.78, 5) is 59.5. The molecule has 3 heterocycles. The van der Waals surface area contributed by atoms with E-state index in [0.717, 1.165) is 54.9 Å². The molecule has 0 radical (unpaired) electrons. The minimum atomic E-state index is -0.987. The number of imide groups is 2. The molecule has 53 heavy (non-hydrogen) atoms. The zero-order valence-corrected chi connectivity index (χ0v) is 29.4. The van der Waals surface area contributed by atoms with Gasteiger partial charge in [-0.05, 0) is 79.8 Å². The highest BCUT2D eigenvalue weighted by atomic mass is 16.5. The number of benzene rings is 3. The third kappa shape index (κ3) is 6.74. The molecule has 3 fully saturated rings. The molecule has 0 spiro atoms. The molecule has 2 atom stereocenters. The van der Waals surface area contributed by atoms with Gasteiger partial charge in [0.15, 0.2) is 11.6 Å². The molecule has 8 rings (SSSR count). The Bertz CT molecular complexity index is 2040. The second-order valence-corrected chi connectivity index (χ2v) is 14.5. The van der Waals surface area contributed by atoms with Crippen LogP contribution < -0.4 is 20.1 Å². The maximum atomic E-state index is 13.2. The summed E-state index contributed by atoms with van der Waals surface area (Å²) >= 11 is 0. The van der Waals surface area contributed by atoms with Crippen LogP contribution in [-0.2, 0) is 15.0 Å². The number of amides is 4. The Morgan fingerprint density at radius 1 is 0.830 bits per heavy atom. The molecule has 12 nitrogen and oxygen atoms in total. The molecule has 0 bridgehead atoms. The number of aromatic nitrogens is 2. The van der Waals surface area contributed by atoms with Crippen molar-refractivity contribution >= 4 is 29.3 Å². The molecule has 2 saturated carbocycles. The first-order valence-corrected chi connectivity index (χ1v) is 18.3. The van der Waals surface area contributed by atoms with Crippen molar-refractivity contribution in [3.8, 4) is 17.2 Å². The SMILES string of the molecule is CC(O)c1ncc(Oc2ccc(C3(c4ccc(O[C@H]5C[C@H](Nc6ccc7c(c6)C(=O)N(C6CCC(=O)NC6=O)C7=O)C5)cc4)CCCCC3)cc2)cn1. The summed E-state index contributed by atoms with van der Waals surface area (Å²) in [6.45, 7) is 1.62. The van der Waals surface area contributed by atoms with Crippen molar-refractivity contribution in [3.05, 3.63) is 107 Å². The van der Waals surface area contributed by atoms with Gasteiger partial charge in [-0.15, -0.1) is 0 Å². The smallest absolute Gasteiger partial charge is 0.262 e. The maximum absolute atomic E-state index is 13.2. The van der Waals surface area contributed by atoms with Gasteiger partial charge in [0.25, 0.3) is 11.8 Å². The number of piperidine rings is 1. The largest absolute Gasteiger partial charge is 0.490 e. The second kappa shape index (κ2) is 14.1. The minimum Gasteiger partial charge on any atom is -0.490 e. The Morgan fingerprint density at radius 3 is 2.11 bits per heavy atom. The summed E-state index contributed by atoms with van der Waals surface area (Å²) in [5.41, 5.74) is 3.68. The fraction of sp³-hybridized carbons (Fsp3) is 0.366. The van der Waals surface area contributed by atoms with Gasteiger partial charge < -0.3 is 19.9 Å². The van der Waals surface area contributed by atoms with Crippen molar-refractivity contribution in [2.24, 2.45) is 0 Å². The first-order chi connectivity index (χ1) is 25.7. The van der Waals surface area contributed by atoms with E-state index in [-0.39, 0.29) is 41.5 Å². The van der Waals surface area contributed by atoms with Gasteiger partial charge in [-0.2, -0.15) is 0 Å². The molecule has 4 amide bonds. The number of anilines is 1. The fourth-order valence-corrected chi connectivity index (χ4v) is 8.09. The molecule has 3 N–H and O–H groups in total. The number of hydrogen-bond donors (Lipinski definition) is 3. The van der Waals surface area contributed by atoms with Crippen LogP contribution in [0.1, 0.15) is 108 Å². The number of nitrogens with zero attached hydrogens (tertiary/aromatic N) is 3. The highest BCUT2D eigenvalue weighted by Crippen LogP contribution is 2.46. The van der Waals surface area contributed by atoms with E-state index >= 15 is 0 Å². The average molecular weight is 716 g/mol. The van der Waals surface area contributed by atoms with Crippen molar-refractivity contribution < 1.29 is 33.8 Å². The highest BCUT2D eigenvalue weighted by Gasteiger charge is 2.45. The van der Waals surface area contributed by atoms with Gasteiger partial charge in [0.2, 0.25) is 11.8 Å². The molecular weight excluding hydrogens is 674 g/mol. The summed E-state index contributed by atoms with van der Waals surface area (Å²) in [6.07, 6.45) is 9.89. The quantitative estimate of drug-likeness (QED) is 0.166. The molecule has 3 aromatic carbocycles. The Kier molecular flexibility index (Phi) is 9.15. The van der Waals surface area contributed by atoms with Crippen LogP contribution in [0.4, 0.5) is 5.69 Å². The summed E-state index contributed by atoms with van der Waals surface area (Å²) in [7, 11) is 0. The summed E-state index contributed by atoms with van der Waals surface area (Å²) < 4.78 is 12.3. The van der Waals surface area contributed by atoms with Crippen LogP contribution in [0.25, 0.3) is 0 Å². The van der Waals surface area contributed by atoms with Crippen molar-refractivity contribution in [1.29, 1.82) is 0 Å². The van der Waals surface area contributed by atoms with Gasteiger partial charge in [-0.25, -0.2) is 9.97 Å². The molecule has 2 aliphatic carbocycles. The number of rotatable bonds is 10. The maximum Gasteiger partial charge on any atom is 0.262 e. The number of carbonyl (C=O) groups is 4. The normalized spacial score (nSPS) is 22.8. The van der Waals surface area contributed by atoms with Crippen molar-refractivity contribution in [1.82, 2.24) is 20.2 Å². The van der Waals surface area contributed by atoms with E-state index in [1.54, 1.807) is 37.5 Å². The van der Waals surface area contributed by atoms with Crippen LogP contribution in [0, 0.1) is 0 Å². The van der Waals surface area contributed by atoms with Crippen LogP contribution in [0.5, 0.6) is 17.2 Å². The number of aliphatic hydroxyl groups excluding tert-OH is 1. The lowest BCUT2D eigenvalue weighted by atomic mass is 9.65. The summed E-state index contributed by atoms with van der Waals surface area (Å²) in [6, 6.07) is 21.0. The first-order valence-electron chi connectivity index (χ1n) is 18.3. The average Bonchev–Trinajstić information content (AvgIpc) is 3.39. The van der Waals surface area contributed by atoms with Crippen LogP contribution in [0.3, 0.4) is 0 Å². The number of ether oxygens (including phenoxy) is 2. The lowest BCUT2D eigenvalue weighted by molar-refractivity contribution is -0.136. The van der Waals surface area contributed by atoms with Crippen molar-refractivity contribution in [3.63, 3.8) is 0 Å². The molecule has 1 aromatic heterocycles. The Morgan fingerprint density at radius 2 is 1.47 bits per heavy atom. The van der Waals surface area contributed by atoms with E-state index in [0.29, 0.717) is 17.3 Å². The number of fused-ring (bicyclic) bond motifs is 1. The fourth-order valence-electron chi connectivity index (χ4n) is 8.09. The molecule has 12 heteroatoms. The minimum absolute atomic E-state index is 0.0452. The zero-order valence-electron chi connectivity index (χ0n) is 29.4. The van der Waals surface area contributed by atoms with E-state index in [9.17, 15) is 24.3 Å². The zero-order chi connectivity index (χ0) is 36.7. The molecule has 1 saturated heterocycles. The third-order valence-electron chi connectivity index (χ3n) is 11.0. The number of nitrogens with one attached hydrogen (secondary N) is 2. The highest BCUT2D eigenvalue weighted by molar-refractivity contribution is 6.23. The van der Waals surface area contributed by atoms with E-state index in [1.807, 2.05) is 12.1 Å². The van der Waals surface area contributed by atoms with Gasteiger partial charge >= 0.3 is 0 Å². The van der Waals surface area contributed by atoms with Gasteiger partial charge in [0, 0.05) is 36.4 Å². The van der Waals surface area contributed by atoms with Gasteiger partial charge in [-0.1, -0.05) is 43.5 Å². The summed E-state index contributed by atoms with van der Waals surface area (Å²) in [5.74, 6) is 0.329. The van der Waals surface area contributed by atoms with E-state index in [2.05, 4.69) is 57.0 Å². The Balaban J connectivity index is 0.874. The number of carbonyl (C=O) groups excluding carboxylic acids is 4. The van der Waals surface area contributed by atoms with E-state index < -0.39 is 35.8 Å². The van der Waals surface area contributed by atoms with Gasteiger partial charge in [-0.3, -0.25) is 29.4 Å². The third-order valence-corrected chi connectivity index (χ3v) is 11.0. The standard InChI is InChI=1S/C41H41N5O7/c1-24(47)37-42-22-32(23-43-37)53-30-12-7-26(8-13-30)41(17-3-2-4-18-41)25-5-10-29(11-6-25)52-31-19-28(20-31)44-27-9-14-33-34(21-27)40(51)46(39(33)50)35-15-16-36(48)45-38(35)49/h5-14,21-24,28,31,35,44,47H,2-4,15-20H2,1H3,(H,45,48,49)/t24?,28-,31-,35?. The van der Waals surface area contributed by atoms with Crippen molar-refractivity contribution in [2.45, 2.75) is 94.4 Å². The number of aliphatic hydroxyl groups is 1. The monoisotopic (exact) mass is 715 g/mol. The predicted molar refractivity (Wildman–Crippen MR) is 194 cm³/mol. The van der Waals surface area contributed by atoms with Crippen molar-refractivity contribution in [2.75, 3.05) is 5.32 Å². The van der Waals surface area contributed by atoms with Gasteiger partial charge in [0.1, 0.15) is 29.7 Å². The van der Waals surface area contributed by atoms with E-state index in [4.69, 9.17) is 9.47 Å². The van der Waals surface area contributed by atoms with Crippen LogP contribution in [0.2, 0.25) is 0 Å². The topological polar surface area (TPSA) is 160 Å². The molecule has 4 aliphatic rings. The molecule has 2 aliphatic heterocycles. The number of hydrogen-bond acceptors (Lipinski definition) is 10. The first kappa shape index (κ1) is 34.5. The van der Waals surface area contributed by atoms with Crippen LogP contribution in [-0.4, -0.2) is 61.8 Å². The molecular formula is C41H41N5O7. The van der Waals surface area contributed by atoms with Crippen LogP contribution >= 0.6 is 0 Å². The predicted octanol–water partition coefficient (Wildman–Crippen LogP) is 6.00. The lowest BCUT2D eigenvalue weighted by Gasteiger charge is -2.39.